The topological polar surface area (TPSA) is 27.7 Å². The third kappa shape index (κ3) is 2.21. The van der Waals surface area contributed by atoms with Gasteiger partial charge in [0, 0.05) is 26.4 Å². The van der Waals surface area contributed by atoms with E-state index in [2.05, 4.69) is 34.6 Å². The van der Waals surface area contributed by atoms with E-state index in [9.17, 15) is 0 Å². The molecule has 4 heteroatoms. The Labute approximate surface area is 102 Å². The van der Waals surface area contributed by atoms with Crippen molar-refractivity contribution in [2.45, 2.75) is 52.5 Å². The van der Waals surface area contributed by atoms with Crippen molar-refractivity contribution >= 4 is 8.80 Å². The third-order valence-electron chi connectivity index (χ3n) is 4.64. The third-order valence-corrected chi connectivity index (χ3v) is 8.39. The van der Waals surface area contributed by atoms with Crippen molar-refractivity contribution < 1.29 is 13.3 Å². The van der Waals surface area contributed by atoms with Crippen LogP contribution >= 0.6 is 0 Å². The van der Waals surface area contributed by atoms with E-state index >= 15 is 0 Å². The number of hydrogen-bond acceptors (Lipinski definition) is 3. The van der Waals surface area contributed by atoms with E-state index in [1.54, 1.807) is 21.3 Å². The van der Waals surface area contributed by atoms with Crippen LogP contribution < -0.4 is 0 Å². The van der Waals surface area contributed by atoms with Gasteiger partial charge >= 0.3 is 8.80 Å². The van der Waals surface area contributed by atoms with Crippen LogP contribution in [0, 0.1) is 5.41 Å². The van der Waals surface area contributed by atoms with Gasteiger partial charge in [0.1, 0.15) is 0 Å². The van der Waals surface area contributed by atoms with E-state index in [1.807, 2.05) is 0 Å². The maximum Gasteiger partial charge on any atom is 0.506 e. The van der Waals surface area contributed by atoms with Crippen LogP contribution in [0.15, 0.2) is 0 Å². The zero-order chi connectivity index (χ0) is 13.0. The van der Waals surface area contributed by atoms with E-state index in [1.165, 1.54) is 0 Å². The SMILES string of the molecule is CCC(C)(CC)C(C)(C)[Si](OC)(OC)OC. The molecule has 0 aliphatic rings. The van der Waals surface area contributed by atoms with Crippen LogP contribution in [0.1, 0.15) is 47.5 Å². The van der Waals surface area contributed by atoms with Crippen LogP contribution in [0.3, 0.4) is 0 Å². The van der Waals surface area contributed by atoms with Gasteiger partial charge in [0.2, 0.25) is 0 Å². The average Bonchev–Trinajstić information content (AvgIpc) is 2.30. The minimum absolute atomic E-state index is 0.109. The van der Waals surface area contributed by atoms with Crippen molar-refractivity contribution in [2.24, 2.45) is 5.41 Å². The first kappa shape index (κ1) is 16.1. The summed E-state index contributed by atoms with van der Waals surface area (Å²) in [6.07, 6.45) is 2.17. The molecule has 0 aliphatic carbocycles. The highest BCUT2D eigenvalue weighted by Crippen LogP contribution is 2.56. The molecule has 3 nitrogen and oxygen atoms in total. The molecule has 0 aliphatic heterocycles. The Kier molecular flexibility index (Phi) is 5.66. The van der Waals surface area contributed by atoms with Crippen LogP contribution in [-0.2, 0) is 13.3 Å². The maximum absolute atomic E-state index is 5.65. The Balaban J connectivity index is 5.43. The van der Waals surface area contributed by atoms with Gasteiger partial charge in [0.05, 0.1) is 0 Å². The lowest BCUT2D eigenvalue weighted by Gasteiger charge is -2.50. The molecule has 98 valence electrons. The van der Waals surface area contributed by atoms with E-state index in [0.717, 1.165) is 12.8 Å². The van der Waals surface area contributed by atoms with Crippen molar-refractivity contribution in [2.75, 3.05) is 21.3 Å². The monoisotopic (exact) mass is 248 g/mol. The lowest BCUT2D eigenvalue weighted by atomic mass is 9.74. The molecule has 0 unspecified atom stereocenters. The van der Waals surface area contributed by atoms with Crippen LogP contribution in [0.5, 0.6) is 0 Å². The predicted octanol–water partition coefficient (Wildman–Crippen LogP) is 3.47. The van der Waals surface area contributed by atoms with Crippen LogP contribution in [0.4, 0.5) is 0 Å². The first-order chi connectivity index (χ1) is 7.30. The molecule has 0 radical (unpaired) electrons. The summed E-state index contributed by atoms with van der Waals surface area (Å²) >= 11 is 0. The first-order valence-corrected chi connectivity index (χ1v) is 7.68. The minimum Gasteiger partial charge on any atom is -0.377 e. The summed E-state index contributed by atoms with van der Waals surface area (Å²) in [4.78, 5) is 0. The molecule has 0 bridgehead atoms. The highest BCUT2D eigenvalue weighted by Gasteiger charge is 2.61. The van der Waals surface area contributed by atoms with Crippen molar-refractivity contribution in [3.05, 3.63) is 0 Å². The highest BCUT2D eigenvalue weighted by molar-refractivity contribution is 6.64. The van der Waals surface area contributed by atoms with E-state index < -0.39 is 8.80 Å². The summed E-state index contributed by atoms with van der Waals surface area (Å²) in [6, 6.07) is 0. The summed E-state index contributed by atoms with van der Waals surface area (Å²) in [7, 11) is 2.44. The van der Waals surface area contributed by atoms with E-state index in [0.29, 0.717) is 0 Å². The lowest BCUT2D eigenvalue weighted by Crippen LogP contribution is -2.57. The fourth-order valence-corrected chi connectivity index (χ4v) is 5.64. The van der Waals surface area contributed by atoms with Crippen molar-refractivity contribution in [3.8, 4) is 0 Å². The fraction of sp³-hybridized carbons (Fsp3) is 1.00. The standard InChI is InChI=1S/C12H28O3Si/c1-9-12(5,10-2)11(3,4)16(13-6,14-7)15-8/h9-10H2,1-8H3. The average molecular weight is 248 g/mol. The second kappa shape index (κ2) is 5.62. The zero-order valence-corrected chi connectivity index (χ0v) is 13.1. The van der Waals surface area contributed by atoms with E-state index in [4.69, 9.17) is 13.3 Å². The van der Waals surface area contributed by atoms with Gasteiger partial charge in [-0.3, -0.25) is 0 Å². The highest BCUT2D eigenvalue weighted by atomic mass is 28.4. The summed E-state index contributed by atoms with van der Waals surface area (Å²) in [6.45, 7) is 11.1. The second-order valence-electron chi connectivity index (χ2n) is 5.06. The molecular formula is C12H28O3Si. The first-order valence-electron chi connectivity index (χ1n) is 5.96. The van der Waals surface area contributed by atoms with Gasteiger partial charge in [-0.05, 0) is 5.41 Å². The Morgan fingerprint density at radius 3 is 1.31 bits per heavy atom. The van der Waals surface area contributed by atoms with Crippen LogP contribution in [0.25, 0.3) is 0 Å². The molecule has 16 heavy (non-hydrogen) atoms. The van der Waals surface area contributed by atoms with Gasteiger partial charge in [-0.15, -0.1) is 0 Å². The fourth-order valence-electron chi connectivity index (χ4n) is 2.52. The maximum atomic E-state index is 5.65. The van der Waals surface area contributed by atoms with Gasteiger partial charge < -0.3 is 13.3 Å². The molecule has 0 aromatic rings. The summed E-state index contributed by atoms with van der Waals surface area (Å²) in [5.41, 5.74) is 0.154. The van der Waals surface area contributed by atoms with Crippen molar-refractivity contribution in [1.82, 2.24) is 0 Å². The van der Waals surface area contributed by atoms with Gasteiger partial charge in [-0.2, -0.15) is 0 Å². The molecule has 0 heterocycles. The predicted molar refractivity (Wildman–Crippen MR) is 69.5 cm³/mol. The molecule has 0 spiro atoms. The molecule has 0 aromatic heterocycles. The molecule has 0 amide bonds. The molecule has 0 rings (SSSR count). The molecular weight excluding hydrogens is 220 g/mol. The van der Waals surface area contributed by atoms with Crippen LogP contribution in [0.2, 0.25) is 5.04 Å². The van der Waals surface area contributed by atoms with Crippen molar-refractivity contribution in [3.63, 3.8) is 0 Å². The molecule has 0 saturated heterocycles. The number of rotatable bonds is 7. The quantitative estimate of drug-likeness (QED) is 0.646. The summed E-state index contributed by atoms with van der Waals surface area (Å²) < 4.78 is 16.9. The Morgan fingerprint density at radius 1 is 0.812 bits per heavy atom. The zero-order valence-electron chi connectivity index (χ0n) is 12.1. The Hall–Kier alpha value is 0.0969. The van der Waals surface area contributed by atoms with Crippen LogP contribution in [-0.4, -0.2) is 30.1 Å². The normalized spacial score (nSPS) is 14.2. The van der Waals surface area contributed by atoms with Gasteiger partial charge in [-0.1, -0.05) is 47.5 Å². The molecule has 0 atom stereocenters. The van der Waals surface area contributed by atoms with Crippen molar-refractivity contribution in [1.29, 1.82) is 0 Å². The van der Waals surface area contributed by atoms with Gasteiger partial charge in [0.15, 0.2) is 0 Å². The second-order valence-corrected chi connectivity index (χ2v) is 8.65. The van der Waals surface area contributed by atoms with Gasteiger partial charge in [0.25, 0.3) is 0 Å². The molecule has 0 fully saturated rings. The molecule has 0 N–H and O–H groups in total. The minimum atomic E-state index is -2.62. The van der Waals surface area contributed by atoms with Gasteiger partial charge in [-0.25, -0.2) is 0 Å². The largest absolute Gasteiger partial charge is 0.506 e. The molecule has 0 aromatic carbocycles. The lowest BCUT2D eigenvalue weighted by molar-refractivity contribution is 0.0499. The Bertz CT molecular complexity index is 200. The smallest absolute Gasteiger partial charge is 0.377 e. The Morgan fingerprint density at radius 2 is 1.12 bits per heavy atom. The summed E-state index contributed by atoms with van der Waals surface area (Å²) in [5, 5.41) is -0.109. The summed E-state index contributed by atoms with van der Waals surface area (Å²) in [5.74, 6) is 0. The number of hydrogen-bond donors (Lipinski definition) is 0. The van der Waals surface area contributed by atoms with E-state index in [-0.39, 0.29) is 10.5 Å². The molecule has 0 saturated carbocycles.